The molecule has 0 unspecified atom stereocenters. The van der Waals surface area contributed by atoms with Gasteiger partial charge in [-0.2, -0.15) is 0 Å². The second-order valence-corrected chi connectivity index (χ2v) is 3.25. The van der Waals surface area contributed by atoms with E-state index < -0.39 is 0 Å². The van der Waals surface area contributed by atoms with Gasteiger partial charge >= 0.3 is 0 Å². The normalized spacial score (nSPS) is 10.6. The van der Waals surface area contributed by atoms with Gasteiger partial charge in [0.2, 0.25) is 0 Å². The second kappa shape index (κ2) is 3.18. The van der Waals surface area contributed by atoms with Crippen molar-refractivity contribution in [1.29, 1.82) is 0 Å². The molecular weight excluding hydrogens is 176 g/mol. The lowest BCUT2D eigenvalue weighted by Gasteiger charge is -2.07. The van der Waals surface area contributed by atoms with Crippen LogP contribution in [0.4, 0.5) is 0 Å². The molecule has 2 aromatic rings. The maximum absolute atomic E-state index is 11.7. The van der Waals surface area contributed by atoms with E-state index >= 15 is 0 Å². The Morgan fingerprint density at radius 1 is 1.36 bits per heavy atom. The second-order valence-electron chi connectivity index (χ2n) is 3.25. The number of hydrogen-bond acceptors (Lipinski definition) is 2. The molecule has 1 aromatic heterocycles. The fourth-order valence-electron chi connectivity index (χ4n) is 1.60. The summed E-state index contributed by atoms with van der Waals surface area (Å²) < 4.78 is 1.22. The van der Waals surface area contributed by atoms with E-state index in [0.29, 0.717) is 5.39 Å². The van der Waals surface area contributed by atoms with Crippen LogP contribution in [-0.4, -0.2) is 4.68 Å². The number of nitrogen functional groups attached to an aromatic ring is 1. The van der Waals surface area contributed by atoms with Crippen LogP contribution in [0.1, 0.15) is 12.6 Å². The van der Waals surface area contributed by atoms with Crippen molar-refractivity contribution in [2.45, 2.75) is 13.3 Å². The molecule has 0 spiro atoms. The smallest absolute Gasteiger partial charge is 0.276 e. The Kier molecular flexibility index (Phi) is 2.00. The Labute approximate surface area is 81.7 Å². The van der Waals surface area contributed by atoms with E-state index in [1.54, 1.807) is 6.07 Å². The maximum Gasteiger partial charge on any atom is 0.276 e. The van der Waals surface area contributed by atoms with Gasteiger partial charge in [-0.25, -0.2) is 4.68 Å². The molecule has 1 heterocycles. The maximum atomic E-state index is 11.7. The SMILES string of the molecule is CCc1cc2ccccc2c(=O)n1N. The van der Waals surface area contributed by atoms with Gasteiger partial charge in [-0.15, -0.1) is 0 Å². The summed E-state index contributed by atoms with van der Waals surface area (Å²) in [5.74, 6) is 5.66. The molecule has 0 aliphatic rings. The highest BCUT2D eigenvalue weighted by atomic mass is 16.1. The van der Waals surface area contributed by atoms with Crippen LogP contribution in [0.2, 0.25) is 0 Å². The van der Waals surface area contributed by atoms with Crippen LogP contribution >= 0.6 is 0 Å². The molecule has 0 fully saturated rings. The molecule has 0 atom stereocenters. The number of nitrogens with two attached hydrogens (primary N) is 1. The first-order valence-corrected chi connectivity index (χ1v) is 4.62. The summed E-state index contributed by atoms with van der Waals surface area (Å²) in [5.41, 5.74) is 0.730. The van der Waals surface area contributed by atoms with E-state index in [1.165, 1.54) is 4.68 Å². The van der Waals surface area contributed by atoms with Gasteiger partial charge in [0.15, 0.2) is 0 Å². The van der Waals surface area contributed by atoms with E-state index in [4.69, 9.17) is 5.84 Å². The van der Waals surface area contributed by atoms with Gasteiger partial charge in [0.05, 0.1) is 0 Å². The van der Waals surface area contributed by atoms with Crippen LogP contribution in [0.25, 0.3) is 10.8 Å². The number of rotatable bonds is 1. The highest BCUT2D eigenvalue weighted by Gasteiger charge is 2.03. The summed E-state index contributed by atoms with van der Waals surface area (Å²) in [7, 11) is 0. The Morgan fingerprint density at radius 3 is 2.79 bits per heavy atom. The Hall–Kier alpha value is -1.77. The van der Waals surface area contributed by atoms with Gasteiger partial charge in [0.1, 0.15) is 0 Å². The molecule has 2 rings (SSSR count). The number of hydrogen-bond donors (Lipinski definition) is 1. The highest BCUT2D eigenvalue weighted by molar-refractivity contribution is 5.81. The summed E-state index contributed by atoms with van der Waals surface area (Å²) in [4.78, 5) is 11.7. The summed E-state index contributed by atoms with van der Waals surface area (Å²) >= 11 is 0. The molecule has 2 N–H and O–H groups in total. The van der Waals surface area contributed by atoms with Crippen LogP contribution in [0.3, 0.4) is 0 Å². The summed E-state index contributed by atoms with van der Waals surface area (Å²) in [5, 5.41) is 1.63. The summed E-state index contributed by atoms with van der Waals surface area (Å²) in [6.07, 6.45) is 0.760. The molecule has 0 bridgehead atoms. The molecule has 72 valence electrons. The molecule has 0 saturated carbocycles. The minimum absolute atomic E-state index is 0.125. The van der Waals surface area contributed by atoms with Crippen molar-refractivity contribution >= 4 is 10.8 Å². The van der Waals surface area contributed by atoms with Gasteiger partial charge < -0.3 is 5.84 Å². The van der Waals surface area contributed by atoms with Gasteiger partial charge in [0.25, 0.3) is 5.56 Å². The fraction of sp³-hybridized carbons (Fsp3) is 0.182. The fourth-order valence-corrected chi connectivity index (χ4v) is 1.60. The topological polar surface area (TPSA) is 48.0 Å². The van der Waals surface area contributed by atoms with E-state index in [1.807, 2.05) is 31.2 Å². The number of fused-ring (bicyclic) bond motifs is 1. The number of nitrogens with zero attached hydrogens (tertiary/aromatic N) is 1. The number of aryl methyl sites for hydroxylation is 1. The van der Waals surface area contributed by atoms with Crippen molar-refractivity contribution in [3.05, 3.63) is 46.4 Å². The molecule has 0 saturated heterocycles. The zero-order valence-corrected chi connectivity index (χ0v) is 8.03. The van der Waals surface area contributed by atoms with Crippen molar-refractivity contribution in [1.82, 2.24) is 4.68 Å². The minimum atomic E-state index is -0.125. The summed E-state index contributed by atoms with van der Waals surface area (Å²) in [6, 6.07) is 9.44. The molecule has 3 heteroatoms. The third-order valence-corrected chi connectivity index (χ3v) is 2.40. The van der Waals surface area contributed by atoms with Gasteiger partial charge in [-0.1, -0.05) is 25.1 Å². The van der Waals surface area contributed by atoms with Gasteiger partial charge in [0, 0.05) is 11.1 Å². The Morgan fingerprint density at radius 2 is 2.07 bits per heavy atom. The van der Waals surface area contributed by atoms with Crippen molar-refractivity contribution in [3.8, 4) is 0 Å². The van der Waals surface area contributed by atoms with E-state index in [9.17, 15) is 4.79 Å². The van der Waals surface area contributed by atoms with E-state index in [-0.39, 0.29) is 5.56 Å². The third-order valence-electron chi connectivity index (χ3n) is 2.40. The van der Waals surface area contributed by atoms with Crippen LogP contribution in [0, 0.1) is 0 Å². The molecule has 0 amide bonds. The standard InChI is InChI=1S/C11H12N2O/c1-2-9-7-8-5-3-4-6-10(8)11(14)13(9)12/h3-7H,2,12H2,1H3. The van der Waals surface area contributed by atoms with Crippen LogP contribution < -0.4 is 11.4 Å². The number of benzene rings is 1. The van der Waals surface area contributed by atoms with Crippen molar-refractivity contribution in [3.63, 3.8) is 0 Å². The number of pyridine rings is 1. The van der Waals surface area contributed by atoms with Crippen LogP contribution in [-0.2, 0) is 6.42 Å². The summed E-state index contributed by atoms with van der Waals surface area (Å²) in [6.45, 7) is 1.98. The lowest BCUT2D eigenvalue weighted by atomic mass is 10.1. The molecule has 1 aromatic carbocycles. The van der Waals surface area contributed by atoms with E-state index in [0.717, 1.165) is 17.5 Å². The molecule has 14 heavy (non-hydrogen) atoms. The Balaban J connectivity index is 2.92. The predicted octanol–water partition coefficient (Wildman–Crippen LogP) is 1.28. The average Bonchev–Trinajstić information content (AvgIpc) is 2.23. The lowest BCUT2D eigenvalue weighted by molar-refractivity contribution is 0.849. The van der Waals surface area contributed by atoms with Gasteiger partial charge in [-0.3, -0.25) is 4.79 Å². The van der Waals surface area contributed by atoms with Crippen LogP contribution in [0.5, 0.6) is 0 Å². The monoisotopic (exact) mass is 188 g/mol. The average molecular weight is 188 g/mol. The zero-order chi connectivity index (χ0) is 10.1. The van der Waals surface area contributed by atoms with Crippen molar-refractivity contribution in [2.24, 2.45) is 0 Å². The minimum Gasteiger partial charge on any atom is -0.336 e. The van der Waals surface area contributed by atoms with E-state index in [2.05, 4.69) is 0 Å². The quantitative estimate of drug-likeness (QED) is 0.685. The molecule has 0 aliphatic carbocycles. The molecule has 3 nitrogen and oxygen atoms in total. The molecule has 0 radical (unpaired) electrons. The largest absolute Gasteiger partial charge is 0.336 e. The first kappa shape index (κ1) is 8.81. The molecule has 0 aliphatic heterocycles. The molecular formula is C11H12N2O. The third kappa shape index (κ3) is 1.18. The first-order valence-electron chi connectivity index (χ1n) is 4.62. The predicted molar refractivity (Wildman–Crippen MR) is 57.7 cm³/mol. The number of aromatic nitrogens is 1. The van der Waals surface area contributed by atoms with Crippen molar-refractivity contribution in [2.75, 3.05) is 5.84 Å². The van der Waals surface area contributed by atoms with Gasteiger partial charge in [-0.05, 0) is 23.9 Å². The Bertz CT molecular complexity index is 528. The lowest BCUT2D eigenvalue weighted by Crippen LogP contribution is -2.30. The van der Waals surface area contributed by atoms with Crippen LogP contribution in [0.15, 0.2) is 35.1 Å². The first-order chi connectivity index (χ1) is 6.74. The van der Waals surface area contributed by atoms with Crippen molar-refractivity contribution < 1.29 is 0 Å². The highest BCUT2D eigenvalue weighted by Crippen LogP contribution is 2.10. The zero-order valence-electron chi connectivity index (χ0n) is 8.03.